The Kier molecular flexibility index (Phi) is 6.98. The minimum absolute atomic E-state index is 0.0526. The molecule has 3 nitrogen and oxygen atoms in total. The molecule has 2 unspecified atom stereocenters. The summed E-state index contributed by atoms with van der Waals surface area (Å²) in [5.74, 6) is 0.778. The molecule has 0 spiro atoms. The van der Waals surface area contributed by atoms with E-state index in [0.717, 1.165) is 33.8 Å². The normalized spacial score (nSPS) is 15.5. The molecule has 2 atom stereocenters. The summed E-state index contributed by atoms with van der Waals surface area (Å²) in [4.78, 5) is 15.0. The van der Waals surface area contributed by atoms with Crippen LogP contribution in [-0.4, -0.2) is 9.97 Å². The van der Waals surface area contributed by atoms with Crippen molar-refractivity contribution >= 4 is 97.0 Å². The van der Waals surface area contributed by atoms with Gasteiger partial charge in [0, 0.05) is 52.3 Å². The molecule has 4 heterocycles. The first-order valence-corrected chi connectivity index (χ1v) is 22.5. The third-order valence-electron chi connectivity index (χ3n) is 13.2. The fourth-order valence-electron chi connectivity index (χ4n) is 10.6. The monoisotopic (exact) mass is 811 g/mol. The van der Waals surface area contributed by atoms with Gasteiger partial charge in [-0.15, -0.1) is 22.7 Å². The number of hydrogen-bond donors (Lipinski definition) is 0. The third-order valence-corrected chi connectivity index (χ3v) is 15.6. The molecule has 0 radical (unpaired) electrons. The molecule has 5 heteroatoms. The van der Waals surface area contributed by atoms with Gasteiger partial charge in [-0.3, -0.25) is 0 Å². The van der Waals surface area contributed by atoms with Crippen molar-refractivity contribution in [2.24, 2.45) is 0 Å². The summed E-state index contributed by atoms with van der Waals surface area (Å²) >= 11 is 3.80. The maximum Gasteiger partial charge on any atom is 0.231 e. The van der Waals surface area contributed by atoms with Gasteiger partial charge in [0.25, 0.3) is 0 Å². The van der Waals surface area contributed by atoms with E-state index in [2.05, 4.69) is 193 Å². The molecule has 2 aliphatic rings. The second-order valence-corrected chi connectivity index (χ2v) is 18.5. The highest BCUT2D eigenvalue weighted by Crippen LogP contribution is 2.63. The standard InChI is InChI=1S/C56H33N3S2/c1-3-15-36-32(12-1)14-11-21-38(36)53-41-19-7-9-22-45(41)57-56(58-53)59-46-27-24-34(35-26-28-48-44(31-35)50-37-16-4-2-13-33(37)25-29-49(50)60-48)30-43(46)51-52-42-20-8-10-23-47(42)61-55(52)40-18-6-5-17-39(40)54(51)59/h1-31,51,54H. The Labute approximate surface area is 359 Å². The Bertz CT molecular complexity index is 3820. The van der Waals surface area contributed by atoms with Crippen molar-refractivity contribution in [1.82, 2.24) is 9.97 Å². The van der Waals surface area contributed by atoms with Gasteiger partial charge in [0.2, 0.25) is 5.95 Å². The molecule has 14 rings (SSSR count). The minimum atomic E-state index is -0.0526. The molecular formula is C56H33N3S2. The fourth-order valence-corrected chi connectivity index (χ4v) is 13.0. The number of hydrogen-bond acceptors (Lipinski definition) is 5. The molecule has 0 bridgehead atoms. The summed E-state index contributed by atoms with van der Waals surface area (Å²) in [7, 11) is 0. The van der Waals surface area contributed by atoms with Gasteiger partial charge < -0.3 is 4.90 Å². The highest BCUT2D eigenvalue weighted by molar-refractivity contribution is 7.26. The average Bonchev–Trinajstić information content (AvgIpc) is 4.01. The molecule has 1 aliphatic carbocycles. The summed E-state index contributed by atoms with van der Waals surface area (Å²) in [5.41, 5.74) is 11.9. The zero-order valence-electron chi connectivity index (χ0n) is 32.7. The molecule has 9 aromatic carbocycles. The Morgan fingerprint density at radius 3 is 2.03 bits per heavy atom. The lowest BCUT2D eigenvalue weighted by molar-refractivity contribution is 0.646. The van der Waals surface area contributed by atoms with E-state index in [4.69, 9.17) is 9.97 Å². The largest absolute Gasteiger partial charge is 0.302 e. The van der Waals surface area contributed by atoms with Crippen LogP contribution in [0, 0.1) is 0 Å². The van der Waals surface area contributed by atoms with Gasteiger partial charge in [-0.1, -0.05) is 146 Å². The van der Waals surface area contributed by atoms with Crippen molar-refractivity contribution < 1.29 is 0 Å². The van der Waals surface area contributed by atoms with Gasteiger partial charge in [-0.05, 0) is 103 Å². The van der Waals surface area contributed by atoms with Crippen LogP contribution in [0.1, 0.15) is 28.7 Å². The highest BCUT2D eigenvalue weighted by atomic mass is 32.1. The van der Waals surface area contributed by atoms with Crippen molar-refractivity contribution in [1.29, 1.82) is 0 Å². The molecule has 1 aliphatic heterocycles. The van der Waals surface area contributed by atoms with Crippen LogP contribution in [0.25, 0.3) is 95.5 Å². The number of para-hydroxylation sites is 1. The molecule has 0 fully saturated rings. The zero-order valence-corrected chi connectivity index (χ0v) is 34.3. The maximum absolute atomic E-state index is 5.65. The number of thiophene rings is 2. The Morgan fingerprint density at radius 1 is 0.443 bits per heavy atom. The van der Waals surface area contributed by atoms with Crippen LogP contribution in [0.15, 0.2) is 188 Å². The van der Waals surface area contributed by atoms with Crippen LogP contribution < -0.4 is 4.90 Å². The molecule has 3 aromatic heterocycles. The second kappa shape index (κ2) is 12.7. The molecule has 61 heavy (non-hydrogen) atoms. The van der Waals surface area contributed by atoms with E-state index in [1.54, 1.807) is 0 Å². The molecule has 0 saturated heterocycles. The van der Waals surface area contributed by atoms with E-state index in [9.17, 15) is 0 Å². The lowest BCUT2D eigenvalue weighted by Crippen LogP contribution is -2.27. The fraction of sp³-hybridized carbons (Fsp3) is 0.0357. The van der Waals surface area contributed by atoms with Gasteiger partial charge in [-0.25, -0.2) is 9.97 Å². The predicted octanol–water partition coefficient (Wildman–Crippen LogP) is 15.9. The third kappa shape index (κ3) is 4.79. The lowest BCUT2D eigenvalue weighted by Gasteiger charge is -2.34. The van der Waals surface area contributed by atoms with Gasteiger partial charge in [-0.2, -0.15) is 0 Å². The van der Waals surface area contributed by atoms with Crippen molar-refractivity contribution in [2.45, 2.75) is 12.0 Å². The van der Waals surface area contributed by atoms with Gasteiger partial charge in [0.1, 0.15) is 0 Å². The molecule has 0 saturated carbocycles. The molecule has 12 aromatic rings. The molecule has 0 N–H and O–H groups in total. The van der Waals surface area contributed by atoms with E-state index in [1.807, 2.05) is 22.7 Å². The van der Waals surface area contributed by atoms with E-state index in [0.29, 0.717) is 0 Å². The lowest BCUT2D eigenvalue weighted by atomic mass is 9.76. The number of nitrogens with zero attached hydrogens (tertiary/aromatic N) is 3. The maximum atomic E-state index is 5.65. The van der Waals surface area contributed by atoms with E-state index in [1.165, 1.54) is 90.1 Å². The van der Waals surface area contributed by atoms with Crippen LogP contribution in [-0.2, 0) is 0 Å². The number of rotatable bonds is 3. The SMILES string of the molecule is c1ccc2c(c1)-c1sc3ccccc3c1C1c3cc(-c4ccc5sc6ccc7ccccc7c6c5c4)ccc3N(c3nc(-c4cccc5ccccc45)c4ccccc4n3)C21. The minimum Gasteiger partial charge on any atom is -0.302 e. The van der Waals surface area contributed by atoms with Crippen molar-refractivity contribution in [3.63, 3.8) is 0 Å². The van der Waals surface area contributed by atoms with Crippen LogP contribution in [0.2, 0.25) is 0 Å². The Morgan fingerprint density at radius 2 is 1.11 bits per heavy atom. The van der Waals surface area contributed by atoms with Crippen LogP contribution in [0.4, 0.5) is 11.6 Å². The number of aromatic nitrogens is 2. The summed E-state index contributed by atoms with van der Waals surface area (Å²) < 4.78 is 3.96. The van der Waals surface area contributed by atoms with Crippen LogP contribution in [0.5, 0.6) is 0 Å². The summed E-state index contributed by atoms with van der Waals surface area (Å²) in [6, 6.07) is 69.2. The predicted molar refractivity (Wildman–Crippen MR) is 259 cm³/mol. The van der Waals surface area contributed by atoms with Crippen molar-refractivity contribution in [3.05, 3.63) is 205 Å². The average molecular weight is 812 g/mol. The second-order valence-electron chi connectivity index (χ2n) is 16.4. The molecule has 0 amide bonds. The van der Waals surface area contributed by atoms with Crippen LogP contribution in [0.3, 0.4) is 0 Å². The Balaban J connectivity index is 1.04. The van der Waals surface area contributed by atoms with Gasteiger partial charge in [0.05, 0.1) is 17.3 Å². The first kappa shape index (κ1) is 33.6. The summed E-state index contributed by atoms with van der Waals surface area (Å²) in [6.07, 6.45) is 0. The smallest absolute Gasteiger partial charge is 0.231 e. The van der Waals surface area contributed by atoms with Gasteiger partial charge >= 0.3 is 0 Å². The quantitative estimate of drug-likeness (QED) is 0.178. The Hall–Kier alpha value is -7.18. The summed E-state index contributed by atoms with van der Waals surface area (Å²) in [5, 5.41) is 10.0. The van der Waals surface area contributed by atoms with Crippen molar-refractivity contribution in [3.8, 4) is 32.8 Å². The summed E-state index contributed by atoms with van der Waals surface area (Å²) in [6.45, 7) is 0. The molecular weight excluding hydrogens is 779 g/mol. The first-order chi connectivity index (χ1) is 30.2. The number of anilines is 2. The van der Waals surface area contributed by atoms with E-state index < -0.39 is 0 Å². The number of benzene rings is 9. The van der Waals surface area contributed by atoms with Crippen LogP contribution >= 0.6 is 22.7 Å². The van der Waals surface area contributed by atoms with E-state index in [-0.39, 0.29) is 12.0 Å². The van der Waals surface area contributed by atoms with E-state index >= 15 is 0 Å². The van der Waals surface area contributed by atoms with Crippen molar-refractivity contribution in [2.75, 3.05) is 4.90 Å². The first-order valence-electron chi connectivity index (χ1n) is 20.9. The zero-order chi connectivity index (χ0) is 39.8. The number of fused-ring (bicyclic) bond motifs is 17. The molecule has 284 valence electrons. The topological polar surface area (TPSA) is 29.0 Å². The van der Waals surface area contributed by atoms with Gasteiger partial charge in [0.15, 0.2) is 0 Å². The highest BCUT2D eigenvalue weighted by Gasteiger charge is 2.48.